The van der Waals surface area contributed by atoms with Gasteiger partial charge in [0.15, 0.2) is 0 Å². The number of ether oxygens (including phenoxy) is 1. The van der Waals surface area contributed by atoms with Crippen LogP contribution >= 0.6 is 0 Å². The Kier molecular flexibility index (Phi) is 3.31. The van der Waals surface area contributed by atoms with Crippen molar-refractivity contribution < 1.29 is 20.1 Å². The van der Waals surface area contributed by atoms with Gasteiger partial charge >= 0.3 is 0 Å². The lowest BCUT2D eigenvalue weighted by Gasteiger charge is -2.30. The molecular weight excluding hydrogens is 304 g/mol. The first-order chi connectivity index (χ1) is 11.6. The third-order valence-corrected chi connectivity index (χ3v) is 4.30. The first kappa shape index (κ1) is 14.5. The fraction of sp³-hybridized carbons (Fsp3) is 0.100. The Morgan fingerprint density at radius 2 is 1.58 bits per heavy atom. The van der Waals surface area contributed by atoms with E-state index in [1.165, 1.54) is 12.1 Å². The lowest BCUT2D eigenvalue weighted by Crippen LogP contribution is -2.15. The van der Waals surface area contributed by atoms with E-state index < -0.39 is 0 Å². The van der Waals surface area contributed by atoms with Crippen LogP contribution in [-0.2, 0) is 0 Å². The van der Waals surface area contributed by atoms with Crippen molar-refractivity contribution in [2.45, 2.75) is 12.5 Å². The monoisotopic (exact) mass is 320 g/mol. The second kappa shape index (κ2) is 5.49. The molecule has 2 aliphatic rings. The molecule has 1 atom stereocenters. The maximum absolute atomic E-state index is 10.3. The van der Waals surface area contributed by atoms with E-state index in [-0.39, 0.29) is 23.4 Å². The number of rotatable bonds is 1. The molecule has 0 fully saturated rings. The van der Waals surface area contributed by atoms with Crippen molar-refractivity contribution in [3.63, 3.8) is 0 Å². The summed E-state index contributed by atoms with van der Waals surface area (Å²) >= 11 is 0. The molecule has 2 aromatic rings. The lowest BCUT2D eigenvalue weighted by molar-refractivity contribution is 0.200. The van der Waals surface area contributed by atoms with Crippen molar-refractivity contribution in [2.75, 3.05) is 0 Å². The number of allylic oxidation sites excluding steroid dienone is 5. The fourth-order valence-electron chi connectivity index (χ4n) is 3.18. The van der Waals surface area contributed by atoms with Gasteiger partial charge in [0.25, 0.3) is 0 Å². The summed E-state index contributed by atoms with van der Waals surface area (Å²) in [5.41, 5.74) is 3.53. The number of fused-ring (bicyclic) bond motifs is 1. The van der Waals surface area contributed by atoms with Gasteiger partial charge in [0, 0.05) is 18.6 Å². The van der Waals surface area contributed by atoms with Gasteiger partial charge < -0.3 is 20.1 Å². The van der Waals surface area contributed by atoms with E-state index in [2.05, 4.69) is 0 Å². The molecule has 0 bridgehead atoms. The van der Waals surface area contributed by atoms with Crippen LogP contribution in [0.4, 0.5) is 0 Å². The highest BCUT2D eigenvalue weighted by Gasteiger charge is 2.29. The minimum Gasteiger partial charge on any atom is -0.508 e. The Bertz CT molecular complexity index is 875. The van der Waals surface area contributed by atoms with Gasteiger partial charge in [-0.05, 0) is 28.8 Å². The molecule has 0 aromatic heterocycles. The average molecular weight is 320 g/mol. The quantitative estimate of drug-likeness (QED) is 0.736. The van der Waals surface area contributed by atoms with Crippen LogP contribution in [0.15, 0.2) is 66.3 Å². The summed E-state index contributed by atoms with van der Waals surface area (Å²) in [5.74, 6) is 0.614. The zero-order valence-electron chi connectivity index (χ0n) is 12.8. The number of aromatic hydroxyl groups is 3. The Labute approximate surface area is 139 Å². The lowest BCUT2D eigenvalue weighted by atomic mass is 9.88. The van der Waals surface area contributed by atoms with Gasteiger partial charge in [0.05, 0.1) is 5.56 Å². The summed E-state index contributed by atoms with van der Waals surface area (Å²) in [5, 5.41) is 29.6. The largest absolute Gasteiger partial charge is 0.508 e. The van der Waals surface area contributed by atoms with Crippen molar-refractivity contribution in [1.29, 1.82) is 0 Å². The van der Waals surface area contributed by atoms with E-state index in [4.69, 9.17) is 4.74 Å². The summed E-state index contributed by atoms with van der Waals surface area (Å²) < 4.78 is 6.03. The Morgan fingerprint density at radius 1 is 0.875 bits per heavy atom. The van der Waals surface area contributed by atoms with Gasteiger partial charge in [-0.3, -0.25) is 0 Å². The second-order valence-electron chi connectivity index (χ2n) is 5.89. The van der Waals surface area contributed by atoms with E-state index in [9.17, 15) is 15.3 Å². The summed E-state index contributed by atoms with van der Waals surface area (Å²) in [6.45, 7) is 0. The predicted octanol–water partition coefficient (Wildman–Crippen LogP) is 4.21. The maximum Gasteiger partial charge on any atom is 0.135 e. The smallest absolute Gasteiger partial charge is 0.135 e. The molecule has 0 amide bonds. The zero-order chi connectivity index (χ0) is 16.7. The van der Waals surface area contributed by atoms with Crippen LogP contribution in [0.1, 0.15) is 23.7 Å². The number of phenols is 3. The molecule has 1 aliphatic heterocycles. The van der Waals surface area contributed by atoms with Crippen LogP contribution in [0, 0.1) is 0 Å². The van der Waals surface area contributed by atoms with Crippen molar-refractivity contribution in [3.05, 3.63) is 77.4 Å². The van der Waals surface area contributed by atoms with Crippen LogP contribution < -0.4 is 4.74 Å². The molecule has 4 nitrogen and oxygen atoms in total. The number of hydrogen-bond donors (Lipinski definition) is 3. The molecular formula is C20H16O4. The van der Waals surface area contributed by atoms with Gasteiger partial charge in [0.1, 0.15) is 29.1 Å². The first-order valence-electron chi connectivity index (χ1n) is 7.71. The van der Waals surface area contributed by atoms with Crippen molar-refractivity contribution in [1.82, 2.24) is 0 Å². The third kappa shape index (κ3) is 2.42. The first-order valence-corrected chi connectivity index (χ1v) is 7.71. The van der Waals surface area contributed by atoms with Crippen molar-refractivity contribution in [2.24, 2.45) is 0 Å². The van der Waals surface area contributed by atoms with Gasteiger partial charge in [-0.1, -0.05) is 36.4 Å². The molecule has 0 spiro atoms. The normalized spacial score (nSPS) is 18.6. The molecule has 1 heterocycles. The molecule has 0 saturated heterocycles. The Hall–Kier alpha value is -3.14. The van der Waals surface area contributed by atoms with Gasteiger partial charge in [-0.2, -0.15) is 0 Å². The van der Waals surface area contributed by atoms with E-state index in [0.717, 1.165) is 16.7 Å². The van der Waals surface area contributed by atoms with E-state index in [0.29, 0.717) is 17.7 Å². The molecule has 1 unspecified atom stereocenters. The van der Waals surface area contributed by atoms with Crippen LogP contribution in [0.25, 0.3) is 5.57 Å². The summed E-state index contributed by atoms with van der Waals surface area (Å²) in [6.07, 6.45) is 8.20. The summed E-state index contributed by atoms with van der Waals surface area (Å²) in [6, 6.07) is 9.72. The van der Waals surface area contributed by atoms with Crippen LogP contribution in [0.2, 0.25) is 0 Å². The highest BCUT2D eigenvalue weighted by atomic mass is 16.5. The predicted molar refractivity (Wildman–Crippen MR) is 91.1 cm³/mol. The molecule has 120 valence electrons. The van der Waals surface area contributed by atoms with Crippen molar-refractivity contribution in [3.8, 4) is 23.0 Å². The van der Waals surface area contributed by atoms with Gasteiger partial charge in [0.2, 0.25) is 0 Å². The topological polar surface area (TPSA) is 69.9 Å². The molecule has 0 radical (unpaired) electrons. The molecule has 4 rings (SSSR count). The maximum atomic E-state index is 10.3. The number of benzene rings is 2. The zero-order valence-corrected chi connectivity index (χ0v) is 12.8. The molecule has 0 saturated carbocycles. The molecule has 24 heavy (non-hydrogen) atoms. The number of phenolic OH excluding ortho intramolecular Hbond substituents is 3. The second-order valence-corrected chi connectivity index (χ2v) is 5.89. The van der Waals surface area contributed by atoms with E-state index >= 15 is 0 Å². The highest BCUT2D eigenvalue weighted by molar-refractivity contribution is 5.83. The fourth-order valence-corrected chi connectivity index (χ4v) is 3.18. The minimum atomic E-state index is -0.260. The van der Waals surface area contributed by atoms with Gasteiger partial charge in [-0.15, -0.1) is 0 Å². The number of hydrogen-bond acceptors (Lipinski definition) is 4. The Balaban J connectivity index is 1.86. The molecule has 2 aromatic carbocycles. The van der Waals surface area contributed by atoms with Crippen LogP contribution in [-0.4, -0.2) is 15.3 Å². The highest BCUT2D eigenvalue weighted by Crippen LogP contribution is 2.49. The minimum absolute atomic E-state index is 0.00496. The molecule has 3 N–H and O–H groups in total. The van der Waals surface area contributed by atoms with E-state index in [1.807, 2.05) is 36.4 Å². The Morgan fingerprint density at radius 3 is 2.29 bits per heavy atom. The summed E-state index contributed by atoms with van der Waals surface area (Å²) in [4.78, 5) is 0. The molecule has 1 aliphatic carbocycles. The van der Waals surface area contributed by atoms with E-state index in [1.54, 1.807) is 12.1 Å². The SMILES string of the molecule is Oc1ccc(C2CC(=C3C=CC=C3)c3c(O)cc(O)cc3O2)cc1. The average Bonchev–Trinajstić information content (AvgIpc) is 3.08. The third-order valence-electron chi connectivity index (χ3n) is 4.30. The van der Waals surface area contributed by atoms with Gasteiger partial charge in [-0.25, -0.2) is 0 Å². The summed E-state index contributed by atoms with van der Waals surface area (Å²) in [7, 11) is 0. The standard InChI is InChI=1S/C20H16O4/c21-14-7-5-13(6-8-14)18-11-16(12-3-1-2-4-12)20-17(23)9-15(22)10-19(20)24-18/h1-10,18,21-23H,11H2. The molecule has 4 heteroatoms. The van der Waals surface area contributed by atoms with Crippen molar-refractivity contribution >= 4 is 5.57 Å². The van der Waals surface area contributed by atoms with Crippen LogP contribution in [0.5, 0.6) is 23.0 Å². The van der Waals surface area contributed by atoms with Crippen LogP contribution in [0.3, 0.4) is 0 Å².